The van der Waals surface area contributed by atoms with E-state index in [0.717, 1.165) is 50.9 Å². The van der Waals surface area contributed by atoms with Crippen LogP contribution in [0.25, 0.3) is 0 Å². The molecule has 3 atom stereocenters. The molecule has 1 saturated carbocycles. The van der Waals surface area contributed by atoms with Crippen molar-refractivity contribution in [2.75, 3.05) is 26.7 Å². The molecular formula is C23H28FNO2. The van der Waals surface area contributed by atoms with Gasteiger partial charge in [0.05, 0.1) is 5.60 Å². The maximum atomic E-state index is 13.5. The zero-order chi connectivity index (χ0) is 18.9. The normalized spacial score (nSPS) is 27.8. The summed E-state index contributed by atoms with van der Waals surface area (Å²) in [6.45, 7) is 3.14. The molecule has 27 heavy (non-hydrogen) atoms. The van der Waals surface area contributed by atoms with Crippen LogP contribution in [0.4, 0.5) is 4.39 Å². The van der Waals surface area contributed by atoms with Gasteiger partial charge in [-0.25, -0.2) is 4.39 Å². The third-order valence-electron chi connectivity index (χ3n) is 6.45. The van der Waals surface area contributed by atoms with E-state index in [0.29, 0.717) is 11.8 Å². The van der Waals surface area contributed by atoms with Crippen LogP contribution in [-0.4, -0.2) is 42.4 Å². The lowest BCUT2D eigenvalue weighted by Crippen LogP contribution is -2.34. The van der Waals surface area contributed by atoms with E-state index in [4.69, 9.17) is 4.74 Å². The van der Waals surface area contributed by atoms with Crippen LogP contribution in [0, 0.1) is 17.7 Å². The van der Waals surface area contributed by atoms with Crippen LogP contribution >= 0.6 is 0 Å². The first-order valence-electron chi connectivity index (χ1n) is 9.86. The number of fused-ring (bicyclic) bond motifs is 1. The quantitative estimate of drug-likeness (QED) is 0.834. The van der Waals surface area contributed by atoms with Crippen molar-refractivity contribution in [3.8, 4) is 5.75 Å². The smallest absolute Gasteiger partial charge is 0.165 e. The SMILES string of the molecule is CO[C@@]1(Cc2ccccc2)C[C@H]2CN(CCc3ccc(O)c(F)c3)C[C@H]2C1. The van der Waals surface area contributed by atoms with Gasteiger partial charge in [-0.05, 0) is 54.4 Å². The summed E-state index contributed by atoms with van der Waals surface area (Å²) in [6, 6.07) is 15.3. The first-order chi connectivity index (χ1) is 13.1. The molecule has 1 aliphatic carbocycles. The van der Waals surface area contributed by atoms with Crippen LogP contribution < -0.4 is 0 Å². The Kier molecular flexibility index (Phi) is 5.20. The minimum Gasteiger partial charge on any atom is -0.505 e. The fourth-order valence-electron chi connectivity index (χ4n) is 5.06. The number of rotatable bonds is 6. The van der Waals surface area contributed by atoms with Gasteiger partial charge < -0.3 is 14.7 Å². The van der Waals surface area contributed by atoms with Crippen LogP contribution in [0.1, 0.15) is 24.0 Å². The molecule has 0 bridgehead atoms. The number of phenols is 1. The molecule has 2 aromatic carbocycles. The first kappa shape index (κ1) is 18.5. The summed E-state index contributed by atoms with van der Waals surface area (Å²) in [5.74, 6) is 0.566. The van der Waals surface area contributed by atoms with E-state index in [-0.39, 0.29) is 11.4 Å². The molecule has 1 heterocycles. The molecule has 2 aromatic rings. The molecule has 4 rings (SSSR count). The minimum atomic E-state index is -0.531. The van der Waals surface area contributed by atoms with Gasteiger partial charge in [0, 0.05) is 33.2 Å². The summed E-state index contributed by atoms with van der Waals surface area (Å²) in [4.78, 5) is 2.50. The van der Waals surface area contributed by atoms with Crippen molar-refractivity contribution in [3.05, 3.63) is 65.5 Å². The highest BCUT2D eigenvalue weighted by molar-refractivity contribution is 5.28. The molecular weight excluding hydrogens is 341 g/mol. The van der Waals surface area contributed by atoms with Crippen LogP contribution in [0.15, 0.2) is 48.5 Å². The highest BCUT2D eigenvalue weighted by Crippen LogP contribution is 2.47. The van der Waals surface area contributed by atoms with E-state index in [9.17, 15) is 9.50 Å². The summed E-state index contributed by atoms with van der Waals surface area (Å²) < 4.78 is 19.5. The molecule has 0 spiro atoms. The number of benzene rings is 2. The number of hydrogen-bond acceptors (Lipinski definition) is 3. The van der Waals surface area contributed by atoms with Crippen molar-refractivity contribution < 1.29 is 14.2 Å². The van der Waals surface area contributed by atoms with Gasteiger partial charge in [-0.1, -0.05) is 36.4 Å². The van der Waals surface area contributed by atoms with E-state index in [1.165, 1.54) is 17.7 Å². The molecule has 3 nitrogen and oxygen atoms in total. The largest absolute Gasteiger partial charge is 0.505 e. The fourth-order valence-corrected chi connectivity index (χ4v) is 5.06. The van der Waals surface area contributed by atoms with Crippen molar-refractivity contribution in [2.24, 2.45) is 11.8 Å². The van der Waals surface area contributed by atoms with Crippen molar-refractivity contribution in [3.63, 3.8) is 0 Å². The molecule has 0 aromatic heterocycles. The number of methoxy groups -OCH3 is 1. The van der Waals surface area contributed by atoms with Crippen LogP contribution in [0.2, 0.25) is 0 Å². The highest BCUT2D eigenvalue weighted by atomic mass is 19.1. The van der Waals surface area contributed by atoms with Crippen LogP contribution in [-0.2, 0) is 17.6 Å². The predicted molar refractivity (Wildman–Crippen MR) is 104 cm³/mol. The van der Waals surface area contributed by atoms with Gasteiger partial charge in [0.15, 0.2) is 11.6 Å². The van der Waals surface area contributed by atoms with Crippen molar-refractivity contribution >= 4 is 0 Å². The Balaban J connectivity index is 1.32. The molecule has 0 radical (unpaired) electrons. The lowest BCUT2D eigenvalue weighted by molar-refractivity contribution is -0.0130. The average molecular weight is 369 g/mol. The molecule has 0 amide bonds. The second-order valence-electron chi connectivity index (χ2n) is 8.27. The number of halogens is 1. The zero-order valence-corrected chi connectivity index (χ0v) is 15.9. The third kappa shape index (κ3) is 4.02. The molecule has 144 valence electrons. The maximum Gasteiger partial charge on any atom is 0.165 e. The Bertz CT molecular complexity index is 765. The van der Waals surface area contributed by atoms with Gasteiger partial charge in [0.1, 0.15) is 0 Å². The molecule has 2 aliphatic rings. The third-order valence-corrected chi connectivity index (χ3v) is 6.45. The highest BCUT2D eigenvalue weighted by Gasteiger charge is 2.49. The maximum absolute atomic E-state index is 13.5. The summed E-state index contributed by atoms with van der Waals surface area (Å²) in [5, 5.41) is 9.31. The molecule has 1 aliphatic heterocycles. The zero-order valence-electron chi connectivity index (χ0n) is 15.9. The van der Waals surface area contributed by atoms with Gasteiger partial charge in [-0.15, -0.1) is 0 Å². The average Bonchev–Trinajstić information content (AvgIpc) is 3.19. The lowest BCUT2D eigenvalue weighted by atomic mass is 9.91. The van der Waals surface area contributed by atoms with E-state index in [2.05, 4.69) is 35.2 Å². The summed E-state index contributed by atoms with van der Waals surface area (Å²) >= 11 is 0. The molecule has 1 saturated heterocycles. The number of phenolic OH excluding ortho intramolecular Hbond substituents is 1. The number of aromatic hydroxyl groups is 1. The summed E-state index contributed by atoms with van der Waals surface area (Å²) in [5.41, 5.74) is 2.27. The second-order valence-corrected chi connectivity index (χ2v) is 8.27. The fraction of sp³-hybridized carbons (Fsp3) is 0.478. The molecule has 4 heteroatoms. The monoisotopic (exact) mass is 369 g/mol. The molecule has 1 N–H and O–H groups in total. The summed E-state index contributed by atoms with van der Waals surface area (Å²) in [7, 11) is 1.86. The number of likely N-dealkylation sites (tertiary alicyclic amines) is 1. The van der Waals surface area contributed by atoms with E-state index in [1.54, 1.807) is 0 Å². The van der Waals surface area contributed by atoms with Crippen molar-refractivity contribution in [1.29, 1.82) is 0 Å². The van der Waals surface area contributed by atoms with Crippen molar-refractivity contribution in [1.82, 2.24) is 4.90 Å². The van der Waals surface area contributed by atoms with Gasteiger partial charge in [-0.2, -0.15) is 0 Å². The van der Waals surface area contributed by atoms with Gasteiger partial charge in [0.25, 0.3) is 0 Å². The Labute approximate surface area is 160 Å². The number of ether oxygens (including phenoxy) is 1. The standard InChI is InChI=1S/C23H28FNO2/c1-27-23(12-18-5-3-2-4-6-18)13-19-15-25(16-20(19)14-23)10-9-17-7-8-22(26)21(24)11-17/h2-8,11,19-20,26H,9-10,12-16H2,1H3/t19-,20+,23-. The number of nitrogens with zero attached hydrogens (tertiary/aromatic N) is 1. The Morgan fingerprint density at radius 1 is 1.07 bits per heavy atom. The Morgan fingerprint density at radius 2 is 1.78 bits per heavy atom. The van der Waals surface area contributed by atoms with Crippen LogP contribution in [0.3, 0.4) is 0 Å². The topological polar surface area (TPSA) is 32.7 Å². The van der Waals surface area contributed by atoms with Crippen molar-refractivity contribution in [2.45, 2.75) is 31.3 Å². The first-order valence-corrected chi connectivity index (χ1v) is 9.86. The second kappa shape index (κ2) is 7.61. The Hall–Kier alpha value is -1.91. The molecule has 0 unspecified atom stereocenters. The number of hydrogen-bond donors (Lipinski definition) is 1. The minimum absolute atomic E-state index is 0.0249. The van der Waals surface area contributed by atoms with Gasteiger partial charge in [-0.3, -0.25) is 0 Å². The van der Waals surface area contributed by atoms with E-state index in [1.807, 2.05) is 13.2 Å². The van der Waals surface area contributed by atoms with E-state index >= 15 is 0 Å². The van der Waals surface area contributed by atoms with Gasteiger partial charge >= 0.3 is 0 Å². The van der Waals surface area contributed by atoms with E-state index < -0.39 is 5.82 Å². The Morgan fingerprint density at radius 3 is 2.41 bits per heavy atom. The lowest BCUT2D eigenvalue weighted by Gasteiger charge is -2.30. The predicted octanol–water partition coefficient (Wildman–Crippen LogP) is 4.04. The van der Waals surface area contributed by atoms with Crippen LogP contribution in [0.5, 0.6) is 5.75 Å². The molecule has 2 fully saturated rings. The summed E-state index contributed by atoms with van der Waals surface area (Å²) in [6.07, 6.45) is 4.04. The van der Waals surface area contributed by atoms with Gasteiger partial charge in [0.2, 0.25) is 0 Å².